The lowest BCUT2D eigenvalue weighted by Gasteiger charge is -2.28. The summed E-state index contributed by atoms with van der Waals surface area (Å²) >= 11 is 1.83. The largest absolute Gasteiger partial charge is 0.314 e. The lowest BCUT2D eigenvalue weighted by Crippen LogP contribution is -2.15. The SMILES string of the molecule is C=C/C=C\c1c(C)cccc1N(/C(C)=C/C=C(\C=C)c1ccc(C(c2ccc(-c3ccc(N(c4ccccc4)c4cccc5ccccc45)cc3)cc2)c2ccc(-c3ccc(-c4ccccc4)s3)cc2)cc1)c1ccccc1. The molecule has 1 unspecified atom stereocenters. The minimum atomic E-state index is -0.00994. The summed E-state index contributed by atoms with van der Waals surface area (Å²) in [7, 11) is 0. The first-order valence-corrected chi connectivity index (χ1v) is 27.4. The van der Waals surface area contributed by atoms with E-state index in [1.165, 1.54) is 59.5 Å². The second-order valence-electron chi connectivity index (χ2n) is 19.5. The predicted octanol–water partition coefficient (Wildman–Crippen LogP) is 21.4. The number of anilines is 5. The average molecular weight is 1020 g/mol. The van der Waals surface area contributed by atoms with Gasteiger partial charge in [-0.05, 0) is 142 Å². The van der Waals surface area contributed by atoms with Crippen LogP contribution >= 0.6 is 11.3 Å². The van der Waals surface area contributed by atoms with Gasteiger partial charge in [0.15, 0.2) is 0 Å². The number of benzene rings is 10. The summed E-state index contributed by atoms with van der Waals surface area (Å²) in [5.41, 5.74) is 19.6. The molecule has 78 heavy (non-hydrogen) atoms. The molecular weight excluding hydrogens is 961 g/mol. The molecule has 0 bridgehead atoms. The number of para-hydroxylation sites is 2. The van der Waals surface area contributed by atoms with Crippen LogP contribution in [0.25, 0.3) is 54.4 Å². The molecule has 0 spiro atoms. The average Bonchev–Trinajstić information content (AvgIpc) is 4.10. The maximum Gasteiger partial charge on any atom is 0.0540 e. The number of nitrogens with zero attached hydrogens (tertiary/aromatic N) is 2. The van der Waals surface area contributed by atoms with Gasteiger partial charge in [0, 0.05) is 49.4 Å². The highest BCUT2D eigenvalue weighted by Gasteiger charge is 2.20. The monoisotopic (exact) mass is 1020 g/mol. The van der Waals surface area contributed by atoms with Crippen LogP contribution in [0.3, 0.4) is 0 Å². The molecule has 1 heterocycles. The Morgan fingerprint density at radius 1 is 0.449 bits per heavy atom. The van der Waals surface area contributed by atoms with Crippen LogP contribution in [-0.2, 0) is 0 Å². The second kappa shape index (κ2) is 23.6. The Morgan fingerprint density at radius 3 is 1.58 bits per heavy atom. The first-order chi connectivity index (χ1) is 38.4. The molecule has 0 saturated carbocycles. The Bertz CT molecular complexity index is 3920. The molecule has 2 nitrogen and oxygen atoms in total. The van der Waals surface area contributed by atoms with E-state index in [4.69, 9.17) is 0 Å². The quantitative estimate of drug-likeness (QED) is 0.0662. The third-order valence-electron chi connectivity index (χ3n) is 14.5. The summed E-state index contributed by atoms with van der Waals surface area (Å²) in [6, 6.07) is 94.3. The zero-order valence-corrected chi connectivity index (χ0v) is 44.9. The van der Waals surface area contributed by atoms with Crippen molar-refractivity contribution in [2.75, 3.05) is 9.80 Å². The van der Waals surface area contributed by atoms with E-state index in [9.17, 15) is 0 Å². The van der Waals surface area contributed by atoms with E-state index < -0.39 is 0 Å². The van der Waals surface area contributed by atoms with Crippen LogP contribution in [0, 0.1) is 6.92 Å². The van der Waals surface area contributed by atoms with Gasteiger partial charge in [0.05, 0.1) is 11.4 Å². The van der Waals surface area contributed by atoms with E-state index in [0.717, 1.165) is 56.4 Å². The van der Waals surface area contributed by atoms with Crippen molar-refractivity contribution in [2.45, 2.75) is 19.8 Å². The smallest absolute Gasteiger partial charge is 0.0540 e. The van der Waals surface area contributed by atoms with Crippen molar-refractivity contribution in [3.8, 4) is 32.0 Å². The van der Waals surface area contributed by atoms with Gasteiger partial charge >= 0.3 is 0 Å². The molecule has 0 aliphatic rings. The number of thiophene rings is 1. The molecule has 0 fully saturated rings. The molecule has 0 radical (unpaired) electrons. The summed E-state index contributed by atoms with van der Waals surface area (Å²) in [6.45, 7) is 12.6. The summed E-state index contributed by atoms with van der Waals surface area (Å²) in [5.74, 6) is -0.00994. The second-order valence-corrected chi connectivity index (χ2v) is 20.5. The van der Waals surface area contributed by atoms with Gasteiger partial charge in [-0.3, -0.25) is 0 Å². The molecule has 11 aromatic rings. The molecule has 0 amide bonds. The van der Waals surface area contributed by atoms with Crippen LogP contribution in [0.5, 0.6) is 0 Å². The standard InChI is InChI=1S/C75H60N2S/c1-5-7-30-69-54(3)21-19-32-71(69)76(66-26-13-9-14-27-66)55(4)34-35-56(6-2)57-36-42-63(43-37-57)75(65-46-40-62(41-47-65)74-53-52-73(78-74)61-23-11-8-12-24-61)64-44-38-58(39-45-64)59-48-50-68(51-49-59)77(67-28-15-10-16-29-67)72-33-20-25-60-22-17-18-31-70(60)72/h5-53,75H,1-2H2,3-4H3/b30-7-,55-34+,56-35+. The van der Waals surface area contributed by atoms with Gasteiger partial charge in [0.25, 0.3) is 0 Å². The third-order valence-corrected chi connectivity index (χ3v) is 15.7. The molecule has 11 rings (SSSR count). The zero-order chi connectivity index (χ0) is 53.2. The van der Waals surface area contributed by atoms with Crippen LogP contribution in [0.1, 0.15) is 46.2 Å². The molecular formula is C75H60N2S. The molecule has 1 atom stereocenters. The molecule has 0 saturated heterocycles. The van der Waals surface area contributed by atoms with Gasteiger partial charge in [-0.15, -0.1) is 11.3 Å². The Kier molecular flexibility index (Phi) is 15.3. The summed E-state index contributed by atoms with van der Waals surface area (Å²) in [6.07, 6.45) is 12.3. The van der Waals surface area contributed by atoms with Crippen molar-refractivity contribution in [2.24, 2.45) is 0 Å². The normalized spacial score (nSPS) is 12.1. The number of fused-ring (bicyclic) bond motifs is 1. The molecule has 0 aliphatic carbocycles. The van der Waals surface area contributed by atoms with Crippen LogP contribution in [0.15, 0.2) is 310 Å². The zero-order valence-electron chi connectivity index (χ0n) is 44.1. The number of allylic oxidation sites excluding steroid dienone is 7. The summed E-state index contributed by atoms with van der Waals surface area (Å²) in [5, 5.41) is 2.43. The minimum absolute atomic E-state index is 0.00994. The number of hydrogen-bond acceptors (Lipinski definition) is 3. The van der Waals surface area contributed by atoms with Crippen molar-refractivity contribution in [1.82, 2.24) is 0 Å². The molecule has 376 valence electrons. The van der Waals surface area contributed by atoms with Crippen molar-refractivity contribution in [3.05, 3.63) is 343 Å². The van der Waals surface area contributed by atoms with Crippen LogP contribution in [-0.4, -0.2) is 0 Å². The summed E-state index contributed by atoms with van der Waals surface area (Å²) < 4.78 is 0. The highest BCUT2D eigenvalue weighted by Crippen LogP contribution is 2.42. The van der Waals surface area contributed by atoms with Gasteiger partial charge in [-0.1, -0.05) is 244 Å². The maximum absolute atomic E-state index is 4.29. The maximum atomic E-state index is 4.29. The highest BCUT2D eigenvalue weighted by atomic mass is 32.1. The van der Waals surface area contributed by atoms with Gasteiger partial charge < -0.3 is 9.80 Å². The fourth-order valence-electron chi connectivity index (χ4n) is 10.5. The van der Waals surface area contributed by atoms with Crippen LogP contribution < -0.4 is 9.80 Å². The Morgan fingerprint density at radius 2 is 0.949 bits per heavy atom. The topological polar surface area (TPSA) is 6.48 Å². The predicted molar refractivity (Wildman–Crippen MR) is 338 cm³/mol. The van der Waals surface area contributed by atoms with E-state index in [1.807, 2.05) is 29.6 Å². The Hall–Kier alpha value is -9.54. The van der Waals surface area contributed by atoms with Crippen LogP contribution in [0.4, 0.5) is 28.4 Å². The van der Waals surface area contributed by atoms with Crippen molar-refractivity contribution in [1.29, 1.82) is 0 Å². The van der Waals surface area contributed by atoms with E-state index in [-0.39, 0.29) is 5.92 Å². The van der Waals surface area contributed by atoms with E-state index in [0.29, 0.717) is 0 Å². The molecule has 1 aromatic heterocycles. The molecule has 10 aromatic carbocycles. The van der Waals surface area contributed by atoms with Crippen molar-refractivity contribution >= 4 is 62.2 Å². The van der Waals surface area contributed by atoms with Crippen molar-refractivity contribution in [3.63, 3.8) is 0 Å². The fraction of sp³-hybridized carbons (Fsp3) is 0.0400. The van der Waals surface area contributed by atoms with Gasteiger partial charge in [-0.2, -0.15) is 0 Å². The van der Waals surface area contributed by atoms with E-state index >= 15 is 0 Å². The Labute approximate surface area is 464 Å². The van der Waals surface area contributed by atoms with Gasteiger partial charge in [0.1, 0.15) is 0 Å². The lowest BCUT2D eigenvalue weighted by atomic mass is 9.83. The summed E-state index contributed by atoms with van der Waals surface area (Å²) in [4.78, 5) is 7.20. The van der Waals surface area contributed by atoms with E-state index in [1.54, 1.807) is 0 Å². The van der Waals surface area contributed by atoms with Gasteiger partial charge in [0.2, 0.25) is 0 Å². The fourth-order valence-corrected chi connectivity index (χ4v) is 11.5. The molecule has 0 aliphatic heterocycles. The molecule has 3 heteroatoms. The van der Waals surface area contributed by atoms with E-state index in [2.05, 4.69) is 316 Å². The van der Waals surface area contributed by atoms with Crippen LogP contribution in [0.2, 0.25) is 0 Å². The number of hydrogen-bond donors (Lipinski definition) is 0. The number of rotatable bonds is 17. The minimum Gasteiger partial charge on any atom is -0.314 e. The Balaban J connectivity index is 0.917. The highest BCUT2D eigenvalue weighted by molar-refractivity contribution is 7.18. The van der Waals surface area contributed by atoms with Crippen molar-refractivity contribution < 1.29 is 0 Å². The number of aryl methyl sites for hydroxylation is 1. The first-order valence-electron chi connectivity index (χ1n) is 26.6. The van der Waals surface area contributed by atoms with Gasteiger partial charge in [-0.25, -0.2) is 0 Å². The first kappa shape index (κ1) is 50.6. The lowest BCUT2D eigenvalue weighted by molar-refractivity contribution is 0.977. The third kappa shape index (κ3) is 10.9. The molecule has 0 N–H and O–H groups in total.